The summed E-state index contributed by atoms with van der Waals surface area (Å²) < 4.78 is 33.1. The molecule has 112 valence electrons. The van der Waals surface area contributed by atoms with Gasteiger partial charge in [0.05, 0.1) is 0 Å². The predicted molar refractivity (Wildman–Crippen MR) is 75.9 cm³/mol. The van der Waals surface area contributed by atoms with E-state index in [2.05, 4.69) is 26.1 Å². The van der Waals surface area contributed by atoms with E-state index in [4.69, 9.17) is 4.74 Å². The minimum Gasteiger partial charge on any atom is -0.484 e. The lowest BCUT2D eigenvalue weighted by Gasteiger charge is -2.55. The zero-order chi connectivity index (χ0) is 14.8. The molecule has 1 aliphatic carbocycles. The molecule has 1 aliphatic rings. The van der Waals surface area contributed by atoms with Crippen LogP contribution in [0.4, 0.5) is 8.78 Å². The van der Waals surface area contributed by atoms with Crippen LogP contribution in [0.5, 0.6) is 5.75 Å². The summed E-state index contributed by atoms with van der Waals surface area (Å²) in [7, 11) is 0. The highest BCUT2D eigenvalue weighted by atomic mass is 19.1. The first-order valence-corrected chi connectivity index (χ1v) is 7.43. The van der Waals surface area contributed by atoms with Crippen LogP contribution >= 0.6 is 0 Å². The van der Waals surface area contributed by atoms with E-state index in [9.17, 15) is 8.78 Å². The van der Waals surface area contributed by atoms with Crippen molar-refractivity contribution in [1.82, 2.24) is 5.32 Å². The highest BCUT2D eigenvalue weighted by molar-refractivity contribution is 5.27. The first-order chi connectivity index (χ1) is 9.58. The molecule has 1 saturated carbocycles. The molecular formula is C16H23F2NO. The van der Waals surface area contributed by atoms with Crippen LogP contribution in [-0.2, 0) is 0 Å². The number of ether oxygens (including phenoxy) is 1. The smallest absolute Gasteiger partial charge is 0.191 e. The molecule has 1 N–H and O–H groups in total. The lowest BCUT2D eigenvalue weighted by atomic mass is 9.58. The Morgan fingerprint density at radius 1 is 1.20 bits per heavy atom. The second kappa shape index (κ2) is 6.08. The van der Waals surface area contributed by atoms with E-state index in [1.807, 2.05) is 0 Å². The molecule has 0 bridgehead atoms. The molecule has 4 heteroatoms. The first kappa shape index (κ1) is 15.2. The summed E-state index contributed by atoms with van der Waals surface area (Å²) in [5.74, 6) is -1.49. The predicted octanol–water partition coefficient (Wildman–Crippen LogP) is 3.90. The largest absolute Gasteiger partial charge is 0.484 e. The van der Waals surface area contributed by atoms with Crippen LogP contribution in [0.3, 0.4) is 0 Å². The first-order valence-electron chi connectivity index (χ1n) is 7.43. The molecular weight excluding hydrogens is 260 g/mol. The molecule has 20 heavy (non-hydrogen) atoms. The molecule has 2 atom stereocenters. The summed E-state index contributed by atoms with van der Waals surface area (Å²) in [6.07, 6.45) is 2.53. The summed E-state index contributed by atoms with van der Waals surface area (Å²) in [6.45, 7) is 7.19. The Bertz CT molecular complexity index is 440. The Hall–Kier alpha value is -1.16. The number of halogens is 2. The quantitative estimate of drug-likeness (QED) is 0.855. The number of hydrogen-bond acceptors (Lipinski definition) is 2. The molecule has 0 aliphatic heterocycles. The average Bonchev–Trinajstić information content (AvgIpc) is 2.42. The van der Waals surface area contributed by atoms with Crippen LogP contribution in [0.25, 0.3) is 0 Å². The van der Waals surface area contributed by atoms with Crippen molar-refractivity contribution < 1.29 is 13.5 Å². The van der Waals surface area contributed by atoms with E-state index in [-0.39, 0.29) is 17.3 Å². The van der Waals surface area contributed by atoms with Crippen LogP contribution in [0.1, 0.15) is 40.0 Å². The zero-order valence-electron chi connectivity index (χ0n) is 12.4. The third-order valence-corrected chi connectivity index (χ3v) is 4.73. The van der Waals surface area contributed by atoms with Gasteiger partial charge in [0.25, 0.3) is 0 Å². The molecule has 0 saturated heterocycles. The van der Waals surface area contributed by atoms with Gasteiger partial charge < -0.3 is 10.1 Å². The number of rotatable bonds is 6. The van der Waals surface area contributed by atoms with Gasteiger partial charge in [-0.2, -0.15) is 0 Å². The van der Waals surface area contributed by atoms with Gasteiger partial charge in [0.1, 0.15) is 6.10 Å². The highest BCUT2D eigenvalue weighted by Crippen LogP contribution is 2.49. The van der Waals surface area contributed by atoms with Crippen molar-refractivity contribution in [2.24, 2.45) is 5.41 Å². The highest BCUT2D eigenvalue weighted by Gasteiger charge is 2.54. The third-order valence-electron chi connectivity index (χ3n) is 4.73. The number of para-hydroxylation sites is 1. The summed E-state index contributed by atoms with van der Waals surface area (Å²) in [4.78, 5) is 0. The van der Waals surface area contributed by atoms with Crippen molar-refractivity contribution in [3.05, 3.63) is 29.8 Å². The summed E-state index contributed by atoms with van der Waals surface area (Å²) in [5, 5.41) is 3.45. The van der Waals surface area contributed by atoms with E-state index in [1.165, 1.54) is 18.2 Å². The maximum atomic E-state index is 13.7. The summed E-state index contributed by atoms with van der Waals surface area (Å²) in [6, 6.07) is 4.19. The fraction of sp³-hybridized carbons (Fsp3) is 0.625. The molecule has 0 aromatic heterocycles. The Morgan fingerprint density at radius 2 is 1.80 bits per heavy atom. The third kappa shape index (κ3) is 2.41. The van der Waals surface area contributed by atoms with Gasteiger partial charge in [-0.1, -0.05) is 26.8 Å². The molecule has 1 fully saturated rings. The van der Waals surface area contributed by atoms with E-state index in [0.717, 1.165) is 25.8 Å². The fourth-order valence-corrected chi connectivity index (χ4v) is 3.38. The molecule has 0 spiro atoms. The minimum atomic E-state index is -0.627. The SMILES string of the molecule is CCNC1CC(Oc2c(F)cccc2F)C1(CC)CC. The monoisotopic (exact) mass is 283 g/mol. The van der Waals surface area contributed by atoms with Gasteiger partial charge in [0.15, 0.2) is 17.4 Å². The van der Waals surface area contributed by atoms with Gasteiger partial charge in [0, 0.05) is 17.9 Å². The molecule has 1 aromatic carbocycles. The second-order valence-corrected chi connectivity index (χ2v) is 5.44. The summed E-state index contributed by atoms with van der Waals surface area (Å²) >= 11 is 0. The van der Waals surface area contributed by atoms with Gasteiger partial charge in [-0.15, -0.1) is 0 Å². The van der Waals surface area contributed by atoms with Crippen molar-refractivity contribution in [1.29, 1.82) is 0 Å². The number of nitrogens with one attached hydrogen (secondary N) is 1. The van der Waals surface area contributed by atoms with Gasteiger partial charge in [-0.3, -0.25) is 0 Å². The van der Waals surface area contributed by atoms with Gasteiger partial charge >= 0.3 is 0 Å². The number of hydrogen-bond donors (Lipinski definition) is 1. The van der Waals surface area contributed by atoms with E-state index < -0.39 is 11.6 Å². The fourth-order valence-electron chi connectivity index (χ4n) is 3.38. The van der Waals surface area contributed by atoms with Gasteiger partial charge in [-0.25, -0.2) is 8.78 Å². The standard InChI is InChI=1S/C16H23F2NO/c1-4-16(5-2)13(19-6-3)10-14(16)20-15-11(17)8-7-9-12(15)18/h7-9,13-14,19H,4-6,10H2,1-3H3. The van der Waals surface area contributed by atoms with Crippen LogP contribution in [0.2, 0.25) is 0 Å². The van der Waals surface area contributed by atoms with Crippen LogP contribution in [0, 0.1) is 17.0 Å². The molecule has 0 radical (unpaired) electrons. The summed E-state index contributed by atoms with van der Waals surface area (Å²) in [5.41, 5.74) is -0.0370. The van der Waals surface area contributed by atoms with Crippen LogP contribution in [-0.4, -0.2) is 18.7 Å². The van der Waals surface area contributed by atoms with E-state index >= 15 is 0 Å². The number of benzene rings is 1. The Kier molecular flexibility index (Phi) is 4.63. The van der Waals surface area contributed by atoms with Crippen molar-refractivity contribution in [3.63, 3.8) is 0 Å². The minimum absolute atomic E-state index is 0.0370. The average molecular weight is 283 g/mol. The lowest BCUT2D eigenvalue weighted by molar-refractivity contribution is -0.0882. The Morgan fingerprint density at radius 3 is 2.30 bits per heavy atom. The van der Waals surface area contributed by atoms with Gasteiger partial charge in [0.2, 0.25) is 0 Å². The maximum Gasteiger partial charge on any atom is 0.191 e. The molecule has 2 rings (SSSR count). The van der Waals surface area contributed by atoms with Crippen molar-refractivity contribution >= 4 is 0 Å². The topological polar surface area (TPSA) is 21.3 Å². The molecule has 0 heterocycles. The van der Waals surface area contributed by atoms with Crippen molar-refractivity contribution in [2.75, 3.05) is 6.54 Å². The molecule has 0 amide bonds. The lowest BCUT2D eigenvalue weighted by Crippen LogP contribution is -2.64. The van der Waals surface area contributed by atoms with Crippen LogP contribution < -0.4 is 10.1 Å². The Labute approximate surface area is 119 Å². The van der Waals surface area contributed by atoms with Gasteiger partial charge in [-0.05, 0) is 31.5 Å². The molecule has 2 nitrogen and oxygen atoms in total. The van der Waals surface area contributed by atoms with Crippen molar-refractivity contribution in [3.8, 4) is 5.75 Å². The van der Waals surface area contributed by atoms with E-state index in [0.29, 0.717) is 6.04 Å². The maximum absolute atomic E-state index is 13.7. The van der Waals surface area contributed by atoms with E-state index in [1.54, 1.807) is 0 Å². The Balaban J connectivity index is 2.18. The zero-order valence-corrected chi connectivity index (χ0v) is 12.4. The molecule has 2 unspecified atom stereocenters. The second-order valence-electron chi connectivity index (χ2n) is 5.44. The molecule has 1 aromatic rings. The van der Waals surface area contributed by atoms with Crippen LogP contribution in [0.15, 0.2) is 18.2 Å². The van der Waals surface area contributed by atoms with Crippen molar-refractivity contribution in [2.45, 2.75) is 52.2 Å². The normalized spacial score (nSPS) is 24.2.